The minimum atomic E-state index is -0.825. The zero-order valence-electron chi connectivity index (χ0n) is 13.6. The van der Waals surface area contributed by atoms with Gasteiger partial charge in [-0.1, -0.05) is 37.3 Å². The Hall–Kier alpha value is -2.37. The lowest BCUT2D eigenvalue weighted by Crippen LogP contribution is -2.36. The number of carbonyl (C=O) groups is 3. The Morgan fingerprint density at radius 2 is 1.78 bits per heavy atom. The summed E-state index contributed by atoms with van der Waals surface area (Å²) >= 11 is 0. The molecule has 126 valence electrons. The van der Waals surface area contributed by atoms with E-state index in [1.165, 1.54) is 6.92 Å². The number of hydrogen-bond acceptors (Lipinski definition) is 4. The highest BCUT2D eigenvalue weighted by molar-refractivity contribution is 5.83. The Bertz CT molecular complexity index is 517. The molecule has 0 saturated carbocycles. The van der Waals surface area contributed by atoms with Crippen molar-refractivity contribution in [2.45, 2.75) is 39.2 Å². The Kier molecular flexibility index (Phi) is 8.42. The normalized spacial score (nSPS) is 11.4. The van der Waals surface area contributed by atoms with Crippen LogP contribution in [-0.2, 0) is 25.5 Å². The van der Waals surface area contributed by atoms with Crippen LogP contribution in [0.1, 0.15) is 32.3 Å². The molecular weight excluding hydrogens is 296 g/mol. The number of nitrogens with one attached hydrogen (secondary N) is 2. The molecule has 0 aliphatic heterocycles. The average molecular weight is 320 g/mol. The monoisotopic (exact) mass is 320 g/mol. The van der Waals surface area contributed by atoms with Crippen molar-refractivity contribution in [2.75, 3.05) is 13.1 Å². The second-order valence-electron chi connectivity index (χ2n) is 5.19. The summed E-state index contributed by atoms with van der Waals surface area (Å²) in [6.45, 7) is 4.20. The first-order valence-corrected chi connectivity index (χ1v) is 7.80. The van der Waals surface area contributed by atoms with E-state index < -0.39 is 12.1 Å². The van der Waals surface area contributed by atoms with Crippen molar-refractivity contribution >= 4 is 17.8 Å². The highest BCUT2D eigenvalue weighted by Gasteiger charge is 2.16. The molecule has 2 N–H and O–H groups in total. The molecule has 0 radical (unpaired) electrons. The predicted octanol–water partition coefficient (Wildman–Crippen LogP) is 1.19. The molecule has 0 saturated heterocycles. The van der Waals surface area contributed by atoms with Crippen LogP contribution in [0, 0.1) is 0 Å². The lowest BCUT2D eigenvalue weighted by molar-refractivity contribution is -0.154. The van der Waals surface area contributed by atoms with E-state index in [0.717, 1.165) is 12.0 Å². The zero-order chi connectivity index (χ0) is 17.1. The number of benzene rings is 1. The van der Waals surface area contributed by atoms with Gasteiger partial charge in [-0.3, -0.25) is 14.4 Å². The molecule has 23 heavy (non-hydrogen) atoms. The molecule has 6 heteroatoms. The summed E-state index contributed by atoms with van der Waals surface area (Å²) in [5.74, 6) is -0.977. The number of ether oxygens (including phenoxy) is 1. The Morgan fingerprint density at radius 3 is 2.43 bits per heavy atom. The minimum absolute atomic E-state index is 0.0337. The van der Waals surface area contributed by atoms with Gasteiger partial charge in [-0.2, -0.15) is 0 Å². The van der Waals surface area contributed by atoms with E-state index in [1.807, 2.05) is 37.3 Å². The van der Waals surface area contributed by atoms with E-state index in [4.69, 9.17) is 4.74 Å². The van der Waals surface area contributed by atoms with Gasteiger partial charge in [0, 0.05) is 13.1 Å². The largest absolute Gasteiger partial charge is 0.452 e. The van der Waals surface area contributed by atoms with Crippen LogP contribution in [0.5, 0.6) is 0 Å². The van der Waals surface area contributed by atoms with E-state index in [2.05, 4.69) is 10.6 Å². The molecule has 1 aromatic rings. The standard InChI is InChI=1S/C17H24N2O4/c1-3-10-19-17(22)13(2)23-16(21)9-11-18-15(20)12-14-7-5-4-6-8-14/h4-8,13H,3,9-12H2,1-2H3,(H,18,20)(H,19,22). The molecule has 0 aromatic heterocycles. The highest BCUT2D eigenvalue weighted by atomic mass is 16.5. The maximum Gasteiger partial charge on any atom is 0.308 e. The number of rotatable bonds is 9. The summed E-state index contributed by atoms with van der Waals surface area (Å²) in [6, 6.07) is 9.35. The first-order valence-electron chi connectivity index (χ1n) is 7.80. The van der Waals surface area contributed by atoms with Gasteiger partial charge in [-0.15, -0.1) is 0 Å². The molecule has 0 bridgehead atoms. The molecule has 2 amide bonds. The van der Waals surface area contributed by atoms with Crippen molar-refractivity contribution in [2.24, 2.45) is 0 Å². The van der Waals surface area contributed by atoms with Gasteiger partial charge in [0.05, 0.1) is 12.8 Å². The van der Waals surface area contributed by atoms with Crippen LogP contribution < -0.4 is 10.6 Å². The summed E-state index contributed by atoms with van der Waals surface area (Å²) in [7, 11) is 0. The minimum Gasteiger partial charge on any atom is -0.452 e. The van der Waals surface area contributed by atoms with Gasteiger partial charge >= 0.3 is 5.97 Å². The molecule has 1 unspecified atom stereocenters. The number of hydrogen-bond donors (Lipinski definition) is 2. The SMILES string of the molecule is CCCNC(=O)C(C)OC(=O)CCNC(=O)Cc1ccccc1. The Morgan fingerprint density at radius 1 is 1.09 bits per heavy atom. The van der Waals surface area contributed by atoms with Crippen molar-refractivity contribution < 1.29 is 19.1 Å². The summed E-state index contributed by atoms with van der Waals surface area (Å²) in [6.07, 6.45) is 0.298. The smallest absolute Gasteiger partial charge is 0.308 e. The molecule has 1 atom stereocenters. The van der Waals surface area contributed by atoms with Crippen molar-refractivity contribution in [1.82, 2.24) is 10.6 Å². The van der Waals surface area contributed by atoms with Crippen molar-refractivity contribution in [1.29, 1.82) is 0 Å². The fraction of sp³-hybridized carbons (Fsp3) is 0.471. The first kappa shape index (κ1) is 18.7. The van der Waals surface area contributed by atoms with Crippen molar-refractivity contribution in [3.8, 4) is 0 Å². The molecule has 0 aliphatic rings. The van der Waals surface area contributed by atoms with Crippen molar-refractivity contribution in [3.63, 3.8) is 0 Å². The van der Waals surface area contributed by atoms with Crippen LogP contribution in [-0.4, -0.2) is 37.0 Å². The van der Waals surface area contributed by atoms with E-state index in [-0.39, 0.29) is 31.2 Å². The lowest BCUT2D eigenvalue weighted by atomic mass is 10.1. The van der Waals surface area contributed by atoms with Gasteiger partial charge in [0.1, 0.15) is 0 Å². The van der Waals surface area contributed by atoms with Crippen LogP contribution in [0.3, 0.4) is 0 Å². The summed E-state index contributed by atoms with van der Waals surface area (Å²) in [5, 5.41) is 5.31. The summed E-state index contributed by atoms with van der Waals surface area (Å²) < 4.78 is 5.01. The van der Waals surface area contributed by atoms with Gasteiger partial charge in [-0.25, -0.2) is 0 Å². The fourth-order valence-electron chi connectivity index (χ4n) is 1.85. The van der Waals surface area contributed by atoms with Crippen LogP contribution >= 0.6 is 0 Å². The number of esters is 1. The van der Waals surface area contributed by atoms with Crippen molar-refractivity contribution in [3.05, 3.63) is 35.9 Å². The van der Waals surface area contributed by atoms with Crippen LogP contribution in [0.15, 0.2) is 30.3 Å². The van der Waals surface area contributed by atoms with Gasteiger partial charge in [0.25, 0.3) is 5.91 Å². The number of amides is 2. The molecule has 0 heterocycles. The fourth-order valence-corrected chi connectivity index (χ4v) is 1.85. The maximum absolute atomic E-state index is 11.7. The Balaban J connectivity index is 2.20. The molecule has 0 spiro atoms. The van der Waals surface area contributed by atoms with E-state index in [1.54, 1.807) is 0 Å². The van der Waals surface area contributed by atoms with Gasteiger partial charge < -0.3 is 15.4 Å². The maximum atomic E-state index is 11.7. The topological polar surface area (TPSA) is 84.5 Å². The van der Waals surface area contributed by atoms with Gasteiger partial charge in [0.15, 0.2) is 6.10 Å². The first-order chi connectivity index (χ1) is 11.0. The van der Waals surface area contributed by atoms with Crippen LogP contribution in [0.2, 0.25) is 0 Å². The molecular formula is C17H24N2O4. The Labute approximate surface area is 136 Å². The summed E-state index contributed by atoms with van der Waals surface area (Å²) in [5.41, 5.74) is 0.911. The second kappa shape index (κ2) is 10.4. The highest BCUT2D eigenvalue weighted by Crippen LogP contribution is 1.99. The lowest BCUT2D eigenvalue weighted by Gasteiger charge is -2.13. The van der Waals surface area contributed by atoms with E-state index >= 15 is 0 Å². The molecule has 6 nitrogen and oxygen atoms in total. The predicted molar refractivity (Wildman–Crippen MR) is 86.6 cm³/mol. The molecule has 1 aromatic carbocycles. The van der Waals surface area contributed by atoms with Gasteiger partial charge in [-0.05, 0) is 18.9 Å². The van der Waals surface area contributed by atoms with Gasteiger partial charge in [0.2, 0.25) is 5.91 Å². The molecule has 0 fully saturated rings. The zero-order valence-corrected chi connectivity index (χ0v) is 13.6. The van der Waals surface area contributed by atoms with Crippen LogP contribution in [0.4, 0.5) is 0 Å². The average Bonchev–Trinajstić information content (AvgIpc) is 2.53. The quantitative estimate of drug-likeness (QED) is 0.670. The van der Waals surface area contributed by atoms with E-state index in [9.17, 15) is 14.4 Å². The van der Waals surface area contributed by atoms with E-state index in [0.29, 0.717) is 6.54 Å². The third-order valence-electron chi connectivity index (χ3n) is 3.09. The summed E-state index contributed by atoms with van der Waals surface area (Å²) in [4.78, 5) is 34.9. The third-order valence-corrected chi connectivity index (χ3v) is 3.09. The second-order valence-corrected chi connectivity index (χ2v) is 5.19. The van der Waals surface area contributed by atoms with Crippen LogP contribution in [0.25, 0.3) is 0 Å². The molecule has 0 aliphatic carbocycles. The number of carbonyl (C=O) groups excluding carboxylic acids is 3. The molecule has 1 rings (SSSR count). The third kappa shape index (κ3) is 7.99.